The van der Waals surface area contributed by atoms with Crippen molar-refractivity contribution in [3.63, 3.8) is 0 Å². The highest BCUT2D eigenvalue weighted by atomic mass is 19.4. The second kappa shape index (κ2) is 10.8. The number of carbonyl (C=O) groups excluding carboxylic acids is 1. The van der Waals surface area contributed by atoms with E-state index in [9.17, 15) is 22.4 Å². The van der Waals surface area contributed by atoms with Gasteiger partial charge in [0, 0.05) is 29.7 Å². The quantitative estimate of drug-likeness (QED) is 0.267. The molecule has 2 aromatic carbocycles. The van der Waals surface area contributed by atoms with Crippen LogP contribution >= 0.6 is 0 Å². The zero-order valence-corrected chi connectivity index (χ0v) is 19.3. The molecular weight excluding hydrogens is 434 g/mol. The average molecular weight is 466 g/mol. The highest BCUT2D eigenvalue weighted by Crippen LogP contribution is 2.41. The van der Waals surface area contributed by atoms with Gasteiger partial charge in [-0.05, 0) is 65.6 Å². The number of carbonyl (C=O) groups is 1. The molecule has 0 aromatic heterocycles. The topological polar surface area (TPSA) is 65.0 Å². The minimum Gasteiger partial charge on any atom is -0.355 e. The fourth-order valence-corrected chi connectivity index (χ4v) is 3.79. The fraction of sp³-hybridized carbons (Fsp3) is 0.440. The summed E-state index contributed by atoms with van der Waals surface area (Å²) in [4.78, 5) is 11.7. The molecule has 8 heteroatoms. The lowest BCUT2D eigenvalue weighted by Gasteiger charge is -2.36. The highest BCUT2D eigenvalue weighted by molar-refractivity contribution is 5.87. The molecule has 0 aliphatic carbocycles. The molecule has 0 spiro atoms. The summed E-state index contributed by atoms with van der Waals surface area (Å²) in [5.41, 5.74) is 2.39. The predicted molar refractivity (Wildman–Crippen MR) is 124 cm³/mol. The molecule has 0 aliphatic heterocycles. The van der Waals surface area contributed by atoms with E-state index >= 15 is 0 Å². The van der Waals surface area contributed by atoms with Crippen molar-refractivity contribution in [1.82, 2.24) is 5.32 Å². The lowest BCUT2D eigenvalue weighted by atomic mass is 9.71. The van der Waals surface area contributed by atoms with Gasteiger partial charge in [-0.3, -0.25) is 4.79 Å². The summed E-state index contributed by atoms with van der Waals surface area (Å²) in [6.07, 6.45) is -4.07. The number of amides is 1. The molecule has 2 aromatic rings. The first-order valence-electron chi connectivity index (χ1n) is 10.8. The molecule has 0 radical (unpaired) electrons. The summed E-state index contributed by atoms with van der Waals surface area (Å²) in [5.74, 6) is -1.15. The van der Waals surface area contributed by atoms with Crippen molar-refractivity contribution < 1.29 is 22.4 Å². The van der Waals surface area contributed by atoms with Crippen molar-refractivity contribution in [3.05, 3.63) is 59.4 Å². The van der Waals surface area contributed by atoms with Crippen molar-refractivity contribution in [2.75, 3.05) is 11.9 Å². The zero-order chi connectivity index (χ0) is 24.8. The number of hydrogen-bond donors (Lipinski definition) is 3. The van der Waals surface area contributed by atoms with Crippen LogP contribution in [0.25, 0.3) is 0 Å². The highest BCUT2D eigenvalue weighted by Gasteiger charge is 2.35. The first-order chi connectivity index (χ1) is 15.3. The number of halogens is 4. The molecule has 1 amide bonds. The smallest absolute Gasteiger partial charge is 0.355 e. The Labute approximate surface area is 192 Å². The molecule has 1 unspecified atom stereocenters. The lowest BCUT2D eigenvalue weighted by Crippen LogP contribution is -2.39. The van der Waals surface area contributed by atoms with Gasteiger partial charge in [-0.2, -0.15) is 13.2 Å². The van der Waals surface area contributed by atoms with Crippen LogP contribution in [0.15, 0.2) is 42.5 Å². The van der Waals surface area contributed by atoms with Crippen LogP contribution in [0.1, 0.15) is 57.6 Å². The molecule has 0 aliphatic rings. The van der Waals surface area contributed by atoms with Gasteiger partial charge in [0.25, 0.3) is 0 Å². The minimum absolute atomic E-state index is 0.0674. The third-order valence-electron chi connectivity index (χ3n) is 5.51. The first kappa shape index (κ1) is 26.4. The fourth-order valence-electron chi connectivity index (χ4n) is 3.79. The van der Waals surface area contributed by atoms with Gasteiger partial charge in [-0.25, -0.2) is 4.39 Å². The normalized spacial score (nSPS) is 13.0. The van der Waals surface area contributed by atoms with Gasteiger partial charge in [0.05, 0.1) is 0 Å². The first-order valence-corrected chi connectivity index (χ1v) is 10.8. The van der Waals surface area contributed by atoms with Crippen molar-refractivity contribution in [3.8, 4) is 0 Å². The lowest BCUT2D eigenvalue weighted by molar-refractivity contribution is -0.154. The molecular formula is C25H31F4N3O. The summed E-state index contributed by atoms with van der Waals surface area (Å²) in [6, 6.07) is 11.5. The molecule has 3 N–H and O–H groups in total. The maximum atomic E-state index is 13.2. The van der Waals surface area contributed by atoms with Crippen LogP contribution in [0.5, 0.6) is 0 Å². The van der Waals surface area contributed by atoms with E-state index in [1.165, 1.54) is 18.3 Å². The standard InChI is InChI=1S/C25H31F4N3O/c1-16(2)11-21(24(3,4)15-31-23(33)13-25(27,28)29)17-5-10-22(18(12-17)14-30)32-20-8-6-19(26)7-9-20/h5-10,12,14,16,21,30,32H,11,13,15H2,1-4H3,(H,31,33). The van der Waals surface area contributed by atoms with Crippen LogP contribution in [-0.2, 0) is 4.79 Å². The van der Waals surface area contributed by atoms with E-state index in [1.807, 2.05) is 32.0 Å². The molecule has 0 bridgehead atoms. The second-order valence-corrected chi connectivity index (χ2v) is 9.36. The van der Waals surface area contributed by atoms with Gasteiger partial charge in [0.2, 0.25) is 5.91 Å². The Morgan fingerprint density at radius 2 is 1.73 bits per heavy atom. The van der Waals surface area contributed by atoms with Crippen LogP contribution in [0.4, 0.5) is 28.9 Å². The Morgan fingerprint density at radius 3 is 2.27 bits per heavy atom. The van der Waals surface area contributed by atoms with Crippen LogP contribution in [0, 0.1) is 22.6 Å². The van der Waals surface area contributed by atoms with Crippen LogP contribution in [0.3, 0.4) is 0 Å². The molecule has 4 nitrogen and oxygen atoms in total. The van der Waals surface area contributed by atoms with Crippen molar-refractivity contribution in [1.29, 1.82) is 5.41 Å². The Morgan fingerprint density at radius 1 is 1.09 bits per heavy atom. The third-order valence-corrected chi connectivity index (χ3v) is 5.51. The summed E-state index contributed by atoms with van der Waals surface area (Å²) in [7, 11) is 0. The molecule has 180 valence electrons. The van der Waals surface area contributed by atoms with Crippen LogP contribution in [0.2, 0.25) is 0 Å². The van der Waals surface area contributed by atoms with Crippen molar-refractivity contribution in [2.24, 2.45) is 11.3 Å². The van der Waals surface area contributed by atoms with Gasteiger partial charge in [0.1, 0.15) is 12.2 Å². The average Bonchev–Trinajstić information content (AvgIpc) is 2.71. The number of benzene rings is 2. The Hall–Kier alpha value is -2.90. The number of hydrogen-bond acceptors (Lipinski definition) is 3. The maximum Gasteiger partial charge on any atom is 0.397 e. The van der Waals surface area contributed by atoms with Gasteiger partial charge >= 0.3 is 6.18 Å². The third kappa shape index (κ3) is 8.18. The SMILES string of the molecule is CC(C)CC(c1ccc(Nc2ccc(F)cc2)c(C=N)c1)C(C)(C)CNC(=O)CC(F)(F)F. The maximum absolute atomic E-state index is 13.2. The van der Waals surface area contributed by atoms with Gasteiger partial charge in [-0.15, -0.1) is 0 Å². The number of nitrogens with one attached hydrogen (secondary N) is 3. The molecule has 0 saturated carbocycles. The van der Waals surface area contributed by atoms with Gasteiger partial charge in [-0.1, -0.05) is 33.8 Å². The Bertz CT molecular complexity index is 953. The largest absolute Gasteiger partial charge is 0.397 e. The van der Waals surface area contributed by atoms with Crippen LogP contribution < -0.4 is 10.6 Å². The number of rotatable bonds is 10. The van der Waals surface area contributed by atoms with Gasteiger partial charge < -0.3 is 16.0 Å². The van der Waals surface area contributed by atoms with Crippen LogP contribution in [-0.4, -0.2) is 24.8 Å². The molecule has 0 fully saturated rings. The molecule has 0 heterocycles. The number of alkyl halides is 3. The Kier molecular flexibility index (Phi) is 8.63. The monoisotopic (exact) mass is 465 g/mol. The van der Waals surface area contributed by atoms with E-state index in [-0.39, 0.29) is 18.3 Å². The Balaban J connectivity index is 2.27. The predicted octanol–water partition coefficient (Wildman–Crippen LogP) is 6.79. The summed E-state index contributed by atoms with van der Waals surface area (Å²) < 4.78 is 50.7. The zero-order valence-electron chi connectivity index (χ0n) is 19.3. The summed E-state index contributed by atoms with van der Waals surface area (Å²) in [5, 5.41) is 13.5. The van der Waals surface area contributed by atoms with Gasteiger partial charge in [0.15, 0.2) is 0 Å². The van der Waals surface area contributed by atoms with Crippen molar-refractivity contribution >= 4 is 23.5 Å². The summed E-state index contributed by atoms with van der Waals surface area (Å²) >= 11 is 0. The van der Waals surface area contributed by atoms with E-state index in [0.29, 0.717) is 22.9 Å². The molecule has 2 rings (SSSR count). The molecule has 0 saturated heterocycles. The summed E-state index contributed by atoms with van der Waals surface area (Å²) in [6.45, 7) is 8.06. The van der Waals surface area contributed by atoms with E-state index in [1.54, 1.807) is 12.1 Å². The van der Waals surface area contributed by atoms with E-state index in [0.717, 1.165) is 12.0 Å². The van der Waals surface area contributed by atoms with Crippen molar-refractivity contribution in [2.45, 2.75) is 52.6 Å². The second-order valence-electron chi connectivity index (χ2n) is 9.36. The molecule has 33 heavy (non-hydrogen) atoms. The van der Waals surface area contributed by atoms with E-state index in [4.69, 9.17) is 5.41 Å². The number of anilines is 2. The van der Waals surface area contributed by atoms with E-state index in [2.05, 4.69) is 24.5 Å². The van der Waals surface area contributed by atoms with E-state index < -0.39 is 23.9 Å². The minimum atomic E-state index is -4.54. The molecule has 1 atom stereocenters.